The average Bonchev–Trinajstić information content (AvgIpc) is 2.54. The highest BCUT2D eigenvalue weighted by Gasteiger charge is 2.30. The van der Waals surface area contributed by atoms with E-state index in [2.05, 4.69) is 5.32 Å². The molecule has 0 aliphatic rings. The number of nitrogens with one attached hydrogen (secondary N) is 1. The normalized spacial score (nSPS) is 11.4. The molecule has 0 fully saturated rings. The number of hydrogen-bond acceptors (Lipinski definition) is 1. The van der Waals surface area contributed by atoms with Gasteiger partial charge in [0.1, 0.15) is 0 Å². The van der Waals surface area contributed by atoms with Gasteiger partial charge in [0.15, 0.2) is 0 Å². The van der Waals surface area contributed by atoms with Crippen molar-refractivity contribution in [1.29, 1.82) is 0 Å². The molecule has 0 radical (unpaired) electrons. The third-order valence-corrected chi connectivity index (χ3v) is 3.46. The van der Waals surface area contributed by atoms with Gasteiger partial charge in [0.25, 0.3) is 5.91 Å². The van der Waals surface area contributed by atoms with Gasteiger partial charge < -0.3 is 5.32 Å². The molecule has 0 atom stereocenters. The fraction of sp³-hybridized carbons (Fsp3) is 0.0556. The van der Waals surface area contributed by atoms with E-state index in [1.807, 2.05) is 30.3 Å². The number of alkyl halides is 3. The summed E-state index contributed by atoms with van der Waals surface area (Å²) in [5.41, 5.74) is -0.345. The first-order valence-corrected chi connectivity index (χ1v) is 6.91. The van der Waals surface area contributed by atoms with Gasteiger partial charge in [-0.1, -0.05) is 36.4 Å². The molecule has 0 unspecified atom stereocenters. The van der Waals surface area contributed by atoms with Crippen molar-refractivity contribution in [2.45, 2.75) is 6.18 Å². The maximum absolute atomic E-state index is 12.7. The van der Waals surface area contributed by atoms with Crippen LogP contribution in [0.3, 0.4) is 0 Å². The standard InChI is InChI=1S/C18H12F3NO/c19-18(20,21)15-7-3-6-14(10-15)17(23)22-16-9-8-12-4-1-2-5-13(12)11-16/h1-11H,(H,22,23). The Morgan fingerprint density at radius 2 is 1.57 bits per heavy atom. The van der Waals surface area contributed by atoms with E-state index in [4.69, 9.17) is 0 Å². The molecule has 0 aliphatic carbocycles. The van der Waals surface area contributed by atoms with Gasteiger partial charge >= 0.3 is 6.18 Å². The van der Waals surface area contributed by atoms with E-state index in [1.54, 1.807) is 12.1 Å². The van der Waals surface area contributed by atoms with Crippen LogP contribution in [0.15, 0.2) is 66.7 Å². The van der Waals surface area contributed by atoms with Crippen molar-refractivity contribution in [1.82, 2.24) is 0 Å². The van der Waals surface area contributed by atoms with E-state index in [1.165, 1.54) is 12.1 Å². The Hall–Kier alpha value is -2.82. The zero-order valence-corrected chi connectivity index (χ0v) is 11.9. The van der Waals surface area contributed by atoms with Crippen molar-refractivity contribution >= 4 is 22.4 Å². The van der Waals surface area contributed by atoms with Gasteiger partial charge in [-0.2, -0.15) is 13.2 Å². The largest absolute Gasteiger partial charge is 0.416 e. The highest BCUT2D eigenvalue weighted by molar-refractivity contribution is 6.05. The Bertz CT molecular complexity index is 871. The van der Waals surface area contributed by atoms with E-state index in [-0.39, 0.29) is 5.56 Å². The van der Waals surface area contributed by atoms with Gasteiger partial charge in [0.05, 0.1) is 5.56 Å². The number of hydrogen-bond donors (Lipinski definition) is 1. The minimum Gasteiger partial charge on any atom is -0.322 e. The highest BCUT2D eigenvalue weighted by Crippen LogP contribution is 2.29. The quantitative estimate of drug-likeness (QED) is 0.699. The monoisotopic (exact) mass is 315 g/mol. The third-order valence-electron chi connectivity index (χ3n) is 3.46. The van der Waals surface area contributed by atoms with E-state index in [0.717, 1.165) is 22.9 Å². The molecule has 1 N–H and O–H groups in total. The molecule has 0 saturated carbocycles. The number of rotatable bonds is 2. The highest BCUT2D eigenvalue weighted by atomic mass is 19.4. The summed E-state index contributed by atoms with van der Waals surface area (Å²) in [4.78, 5) is 12.2. The lowest BCUT2D eigenvalue weighted by Gasteiger charge is -2.10. The van der Waals surface area contributed by atoms with Crippen LogP contribution in [-0.4, -0.2) is 5.91 Å². The third kappa shape index (κ3) is 3.34. The molecule has 116 valence electrons. The molecule has 3 aromatic rings. The maximum atomic E-state index is 12.7. The van der Waals surface area contributed by atoms with Crippen molar-refractivity contribution in [2.75, 3.05) is 5.32 Å². The minimum absolute atomic E-state index is 0.0343. The van der Waals surface area contributed by atoms with Gasteiger partial charge in [-0.05, 0) is 41.1 Å². The van der Waals surface area contributed by atoms with Gasteiger partial charge in [0.2, 0.25) is 0 Å². The van der Waals surface area contributed by atoms with Gasteiger partial charge in [-0.25, -0.2) is 0 Å². The zero-order chi connectivity index (χ0) is 16.4. The summed E-state index contributed by atoms with van der Waals surface area (Å²) >= 11 is 0. The Labute approximate surface area is 130 Å². The summed E-state index contributed by atoms with van der Waals surface area (Å²) in [5.74, 6) is -0.577. The van der Waals surface area contributed by atoms with Gasteiger partial charge in [-0.3, -0.25) is 4.79 Å². The topological polar surface area (TPSA) is 29.1 Å². The van der Waals surface area contributed by atoms with Crippen molar-refractivity contribution < 1.29 is 18.0 Å². The summed E-state index contributed by atoms with van der Waals surface area (Å²) in [5, 5.41) is 4.58. The first-order chi connectivity index (χ1) is 10.9. The first-order valence-electron chi connectivity index (χ1n) is 6.91. The minimum atomic E-state index is -4.47. The SMILES string of the molecule is O=C(Nc1ccc2ccccc2c1)c1cccc(C(F)(F)F)c1. The maximum Gasteiger partial charge on any atom is 0.416 e. The summed E-state index contributed by atoms with van der Waals surface area (Å²) in [6.45, 7) is 0. The molecular formula is C18H12F3NO. The second kappa shape index (κ2) is 5.76. The summed E-state index contributed by atoms with van der Waals surface area (Å²) in [7, 11) is 0. The second-order valence-electron chi connectivity index (χ2n) is 5.09. The number of carbonyl (C=O) groups excluding carboxylic acids is 1. The fourth-order valence-electron chi connectivity index (χ4n) is 2.31. The second-order valence-corrected chi connectivity index (χ2v) is 5.09. The molecule has 0 bridgehead atoms. The predicted molar refractivity (Wildman–Crippen MR) is 83.3 cm³/mol. The number of fused-ring (bicyclic) bond motifs is 1. The average molecular weight is 315 g/mol. The lowest BCUT2D eigenvalue weighted by atomic mass is 10.1. The first kappa shape index (κ1) is 15.1. The van der Waals surface area contributed by atoms with Crippen LogP contribution < -0.4 is 5.32 Å². The Kier molecular flexibility index (Phi) is 3.78. The number of amides is 1. The van der Waals surface area contributed by atoms with Gasteiger partial charge in [-0.15, -0.1) is 0 Å². The van der Waals surface area contributed by atoms with Crippen LogP contribution in [-0.2, 0) is 6.18 Å². The molecule has 0 aliphatic heterocycles. The van der Waals surface area contributed by atoms with Crippen LogP contribution in [0.1, 0.15) is 15.9 Å². The van der Waals surface area contributed by atoms with Crippen LogP contribution in [0.5, 0.6) is 0 Å². The molecule has 1 amide bonds. The van der Waals surface area contributed by atoms with Gasteiger partial charge in [0, 0.05) is 11.3 Å². The Morgan fingerprint density at radius 3 is 2.30 bits per heavy atom. The molecule has 0 saturated heterocycles. The van der Waals surface area contributed by atoms with Crippen LogP contribution >= 0.6 is 0 Å². The number of anilines is 1. The van der Waals surface area contributed by atoms with Crippen molar-refractivity contribution in [2.24, 2.45) is 0 Å². The molecule has 3 aromatic carbocycles. The Balaban J connectivity index is 1.86. The predicted octanol–water partition coefficient (Wildman–Crippen LogP) is 5.11. The van der Waals surface area contributed by atoms with E-state index < -0.39 is 17.6 Å². The fourth-order valence-corrected chi connectivity index (χ4v) is 2.31. The molecule has 3 rings (SSSR count). The summed E-state index contributed by atoms with van der Waals surface area (Å²) in [6, 6.07) is 17.3. The van der Waals surface area contributed by atoms with E-state index in [9.17, 15) is 18.0 Å². The van der Waals surface area contributed by atoms with Crippen LogP contribution in [0, 0.1) is 0 Å². The summed E-state index contributed by atoms with van der Waals surface area (Å²) in [6.07, 6.45) is -4.47. The zero-order valence-electron chi connectivity index (χ0n) is 11.9. The van der Waals surface area contributed by atoms with Crippen molar-refractivity contribution in [3.8, 4) is 0 Å². The molecule has 23 heavy (non-hydrogen) atoms. The smallest absolute Gasteiger partial charge is 0.322 e. The molecular weight excluding hydrogens is 303 g/mol. The van der Waals surface area contributed by atoms with Crippen LogP contribution in [0.4, 0.5) is 18.9 Å². The molecule has 0 aromatic heterocycles. The van der Waals surface area contributed by atoms with Crippen LogP contribution in [0.2, 0.25) is 0 Å². The number of halogens is 3. The molecule has 2 nitrogen and oxygen atoms in total. The Morgan fingerprint density at radius 1 is 0.826 bits per heavy atom. The lowest BCUT2D eigenvalue weighted by molar-refractivity contribution is -0.137. The number of benzene rings is 3. The van der Waals surface area contributed by atoms with Crippen LogP contribution in [0.25, 0.3) is 10.8 Å². The van der Waals surface area contributed by atoms with E-state index >= 15 is 0 Å². The number of carbonyl (C=O) groups is 1. The lowest BCUT2D eigenvalue weighted by Crippen LogP contribution is -2.13. The van der Waals surface area contributed by atoms with E-state index in [0.29, 0.717) is 5.69 Å². The summed E-state index contributed by atoms with van der Waals surface area (Å²) < 4.78 is 38.1. The molecule has 0 heterocycles. The molecule has 5 heteroatoms. The van der Waals surface area contributed by atoms with Crippen molar-refractivity contribution in [3.05, 3.63) is 77.9 Å². The van der Waals surface area contributed by atoms with Crippen molar-refractivity contribution in [3.63, 3.8) is 0 Å². The molecule has 0 spiro atoms.